The summed E-state index contributed by atoms with van der Waals surface area (Å²) < 4.78 is 21.2. The molecule has 136 valence electrons. The lowest BCUT2D eigenvalue weighted by Gasteiger charge is -2.13. The van der Waals surface area contributed by atoms with Gasteiger partial charge in [0.15, 0.2) is 0 Å². The molecule has 0 amide bonds. The summed E-state index contributed by atoms with van der Waals surface area (Å²) in [4.78, 5) is 22.0. The van der Waals surface area contributed by atoms with Gasteiger partial charge in [-0.05, 0) is 12.1 Å². The van der Waals surface area contributed by atoms with Crippen molar-refractivity contribution in [2.24, 2.45) is 0 Å². The second kappa shape index (κ2) is 9.88. The Morgan fingerprint density at radius 1 is 0.731 bits per heavy atom. The fourth-order valence-electron chi connectivity index (χ4n) is 2.21. The standard InChI is InChI=1S/C20H20O6/c1-3-19(21)25-13-11-23-17-9-5-8-16-15(17)7-6-10-18(16)24-12-14-26-20(22)4-2/h3-10H,1-2,11-14H2. The molecular weight excluding hydrogens is 336 g/mol. The van der Waals surface area contributed by atoms with Crippen molar-refractivity contribution < 1.29 is 28.5 Å². The molecule has 0 N–H and O–H groups in total. The molecule has 26 heavy (non-hydrogen) atoms. The second-order valence-electron chi connectivity index (χ2n) is 5.05. The van der Waals surface area contributed by atoms with E-state index in [9.17, 15) is 9.59 Å². The van der Waals surface area contributed by atoms with Gasteiger partial charge in [-0.25, -0.2) is 9.59 Å². The van der Waals surface area contributed by atoms with E-state index < -0.39 is 11.9 Å². The van der Waals surface area contributed by atoms with Crippen LogP contribution in [0.2, 0.25) is 0 Å². The largest absolute Gasteiger partial charge is 0.489 e. The molecule has 0 aliphatic heterocycles. The van der Waals surface area contributed by atoms with Crippen LogP contribution in [0, 0.1) is 0 Å². The normalized spacial score (nSPS) is 10.0. The van der Waals surface area contributed by atoms with Crippen molar-refractivity contribution >= 4 is 22.7 Å². The highest BCUT2D eigenvalue weighted by molar-refractivity contribution is 5.93. The highest BCUT2D eigenvalue weighted by Crippen LogP contribution is 2.32. The molecule has 6 nitrogen and oxygen atoms in total. The molecule has 0 aromatic heterocycles. The molecule has 0 aliphatic rings. The number of rotatable bonds is 10. The van der Waals surface area contributed by atoms with Gasteiger partial charge >= 0.3 is 11.9 Å². The second-order valence-corrected chi connectivity index (χ2v) is 5.05. The Labute approximate surface area is 151 Å². The van der Waals surface area contributed by atoms with Gasteiger partial charge in [0.25, 0.3) is 0 Å². The SMILES string of the molecule is C=CC(=O)OCCOc1cccc2c(OCCOC(=O)C=C)cccc12. The molecule has 0 saturated carbocycles. The Morgan fingerprint density at radius 3 is 1.54 bits per heavy atom. The average Bonchev–Trinajstić information content (AvgIpc) is 2.68. The molecule has 6 heteroatoms. The van der Waals surface area contributed by atoms with Gasteiger partial charge in [-0.2, -0.15) is 0 Å². The van der Waals surface area contributed by atoms with E-state index in [0.29, 0.717) is 11.5 Å². The zero-order valence-electron chi connectivity index (χ0n) is 14.3. The van der Waals surface area contributed by atoms with Gasteiger partial charge in [-0.3, -0.25) is 0 Å². The minimum atomic E-state index is -0.487. The number of ether oxygens (including phenoxy) is 4. The third-order valence-electron chi connectivity index (χ3n) is 3.35. The Hall–Kier alpha value is -3.28. The van der Waals surface area contributed by atoms with Crippen molar-refractivity contribution in [1.29, 1.82) is 0 Å². The van der Waals surface area contributed by atoms with Crippen LogP contribution in [0.15, 0.2) is 61.7 Å². The van der Waals surface area contributed by atoms with Crippen molar-refractivity contribution in [3.8, 4) is 11.5 Å². The molecule has 0 atom stereocenters. The number of hydrogen-bond acceptors (Lipinski definition) is 6. The first-order chi connectivity index (χ1) is 12.7. The van der Waals surface area contributed by atoms with Crippen molar-refractivity contribution in [2.45, 2.75) is 0 Å². The summed E-state index contributed by atoms with van der Waals surface area (Å²) in [7, 11) is 0. The van der Waals surface area contributed by atoms with Crippen LogP contribution >= 0.6 is 0 Å². The summed E-state index contributed by atoms with van der Waals surface area (Å²) in [5.74, 6) is 0.333. The third-order valence-corrected chi connectivity index (χ3v) is 3.35. The van der Waals surface area contributed by atoms with E-state index in [4.69, 9.17) is 18.9 Å². The number of esters is 2. The maximum atomic E-state index is 11.0. The fraction of sp³-hybridized carbons (Fsp3) is 0.200. The first-order valence-corrected chi connectivity index (χ1v) is 8.01. The molecule has 0 bridgehead atoms. The summed E-state index contributed by atoms with van der Waals surface area (Å²) >= 11 is 0. The van der Waals surface area contributed by atoms with Gasteiger partial charge in [0.05, 0.1) is 0 Å². The molecule has 0 radical (unpaired) electrons. The number of fused-ring (bicyclic) bond motifs is 1. The summed E-state index contributed by atoms with van der Waals surface area (Å²) in [5, 5.41) is 1.73. The van der Waals surface area contributed by atoms with E-state index in [1.54, 1.807) is 0 Å². The molecule has 2 rings (SSSR count). The van der Waals surface area contributed by atoms with E-state index >= 15 is 0 Å². The van der Waals surface area contributed by atoms with Gasteiger partial charge in [-0.15, -0.1) is 0 Å². The Balaban J connectivity index is 2.00. The molecule has 0 fully saturated rings. The summed E-state index contributed by atoms with van der Waals surface area (Å²) in [5.41, 5.74) is 0. The Kier molecular flexibility index (Phi) is 7.24. The number of carbonyl (C=O) groups excluding carboxylic acids is 2. The smallest absolute Gasteiger partial charge is 0.330 e. The molecule has 2 aromatic rings. The highest BCUT2D eigenvalue weighted by atomic mass is 16.6. The van der Waals surface area contributed by atoms with E-state index in [-0.39, 0.29) is 26.4 Å². The third kappa shape index (κ3) is 5.37. The van der Waals surface area contributed by atoms with Gasteiger partial charge in [0.1, 0.15) is 37.9 Å². The highest BCUT2D eigenvalue weighted by Gasteiger charge is 2.07. The fourth-order valence-corrected chi connectivity index (χ4v) is 2.21. The molecular formula is C20H20O6. The van der Waals surface area contributed by atoms with Gasteiger partial charge in [-0.1, -0.05) is 37.4 Å². The van der Waals surface area contributed by atoms with Crippen LogP contribution in [-0.4, -0.2) is 38.4 Å². The minimum Gasteiger partial charge on any atom is -0.489 e. The van der Waals surface area contributed by atoms with Crippen LogP contribution < -0.4 is 9.47 Å². The maximum absolute atomic E-state index is 11.0. The number of hydrogen-bond donors (Lipinski definition) is 0. The van der Waals surface area contributed by atoms with Gasteiger partial charge in [0.2, 0.25) is 0 Å². The lowest BCUT2D eigenvalue weighted by atomic mass is 10.1. The average molecular weight is 356 g/mol. The quantitative estimate of drug-likeness (QED) is 0.370. The summed E-state index contributed by atoms with van der Waals surface area (Å²) in [6.45, 7) is 7.37. The lowest BCUT2D eigenvalue weighted by molar-refractivity contribution is -0.139. The summed E-state index contributed by atoms with van der Waals surface area (Å²) in [6.07, 6.45) is 2.21. The van der Waals surface area contributed by atoms with Crippen molar-refractivity contribution in [3.05, 3.63) is 61.7 Å². The number of carbonyl (C=O) groups is 2. The summed E-state index contributed by atoms with van der Waals surface area (Å²) in [6, 6.07) is 11.2. The van der Waals surface area contributed by atoms with Crippen LogP contribution in [0.25, 0.3) is 10.8 Å². The van der Waals surface area contributed by atoms with Crippen LogP contribution in [0.5, 0.6) is 11.5 Å². The van der Waals surface area contributed by atoms with Crippen LogP contribution in [0.4, 0.5) is 0 Å². The van der Waals surface area contributed by atoms with Crippen molar-refractivity contribution in [1.82, 2.24) is 0 Å². The zero-order valence-corrected chi connectivity index (χ0v) is 14.3. The molecule has 0 saturated heterocycles. The predicted octanol–water partition coefficient (Wildman–Crippen LogP) is 3.06. The van der Waals surface area contributed by atoms with Crippen molar-refractivity contribution in [3.63, 3.8) is 0 Å². The Bertz CT molecular complexity index is 729. The zero-order chi connectivity index (χ0) is 18.8. The lowest BCUT2D eigenvalue weighted by Crippen LogP contribution is -2.11. The predicted molar refractivity (Wildman–Crippen MR) is 97.3 cm³/mol. The van der Waals surface area contributed by atoms with E-state index in [2.05, 4.69) is 13.2 Å². The minimum absolute atomic E-state index is 0.131. The van der Waals surface area contributed by atoms with E-state index in [1.165, 1.54) is 0 Å². The van der Waals surface area contributed by atoms with Gasteiger partial charge in [0, 0.05) is 22.9 Å². The van der Waals surface area contributed by atoms with Gasteiger partial charge < -0.3 is 18.9 Å². The van der Waals surface area contributed by atoms with E-state index in [1.807, 2.05) is 36.4 Å². The van der Waals surface area contributed by atoms with E-state index in [0.717, 1.165) is 22.9 Å². The maximum Gasteiger partial charge on any atom is 0.330 e. The van der Waals surface area contributed by atoms with Crippen LogP contribution in [0.1, 0.15) is 0 Å². The van der Waals surface area contributed by atoms with Crippen LogP contribution in [-0.2, 0) is 19.1 Å². The monoisotopic (exact) mass is 356 g/mol. The molecule has 0 aliphatic carbocycles. The Morgan fingerprint density at radius 2 is 1.15 bits per heavy atom. The molecule has 0 unspecified atom stereocenters. The van der Waals surface area contributed by atoms with Crippen molar-refractivity contribution in [2.75, 3.05) is 26.4 Å². The first-order valence-electron chi connectivity index (χ1n) is 8.01. The topological polar surface area (TPSA) is 71.1 Å². The molecule has 0 heterocycles. The number of benzene rings is 2. The first kappa shape index (κ1) is 19.1. The molecule has 0 spiro atoms. The van der Waals surface area contributed by atoms with Crippen LogP contribution in [0.3, 0.4) is 0 Å². The molecule has 2 aromatic carbocycles.